The monoisotopic (exact) mass is 217 g/mol. The minimum absolute atomic E-state index is 0.376. The second-order valence-corrected chi connectivity index (χ2v) is 3.13. The molecule has 2 aromatic heterocycles. The SMILES string of the molecule is CCOc1cncc(-c2ccnc(=O)[nH]2)c1. The molecule has 5 nitrogen and oxygen atoms in total. The number of ether oxygens (including phenoxy) is 1. The van der Waals surface area contributed by atoms with Crippen LogP contribution in [0.3, 0.4) is 0 Å². The average molecular weight is 217 g/mol. The van der Waals surface area contributed by atoms with Crippen LogP contribution in [0, 0.1) is 0 Å². The third-order valence-corrected chi connectivity index (χ3v) is 2.01. The first-order chi connectivity index (χ1) is 7.79. The van der Waals surface area contributed by atoms with Crippen LogP contribution in [0.25, 0.3) is 11.3 Å². The second-order valence-electron chi connectivity index (χ2n) is 3.13. The molecule has 0 aliphatic rings. The van der Waals surface area contributed by atoms with Crippen molar-refractivity contribution in [1.29, 1.82) is 0 Å². The molecule has 0 spiro atoms. The standard InChI is InChI=1S/C11H11N3O2/c1-2-16-9-5-8(6-12-7-9)10-3-4-13-11(15)14-10/h3-7H,2H2,1H3,(H,13,14,15). The number of nitrogens with one attached hydrogen (secondary N) is 1. The van der Waals surface area contributed by atoms with E-state index in [0.29, 0.717) is 18.1 Å². The molecule has 2 rings (SSSR count). The van der Waals surface area contributed by atoms with E-state index in [4.69, 9.17) is 4.74 Å². The van der Waals surface area contributed by atoms with Gasteiger partial charge in [0, 0.05) is 18.0 Å². The average Bonchev–Trinajstić information content (AvgIpc) is 2.30. The van der Waals surface area contributed by atoms with Crippen molar-refractivity contribution in [2.45, 2.75) is 6.92 Å². The van der Waals surface area contributed by atoms with Crippen molar-refractivity contribution < 1.29 is 4.74 Å². The van der Waals surface area contributed by atoms with Gasteiger partial charge in [-0.3, -0.25) is 4.98 Å². The molecule has 0 fully saturated rings. The van der Waals surface area contributed by atoms with Crippen LogP contribution in [0.1, 0.15) is 6.92 Å². The Morgan fingerprint density at radius 3 is 3.06 bits per heavy atom. The summed E-state index contributed by atoms with van der Waals surface area (Å²) in [5.41, 5.74) is 1.10. The van der Waals surface area contributed by atoms with E-state index in [1.165, 1.54) is 6.20 Å². The van der Waals surface area contributed by atoms with E-state index in [2.05, 4.69) is 15.0 Å². The van der Waals surface area contributed by atoms with Gasteiger partial charge in [-0.25, -0.2) is 9.78 Å². The Balaban J connectivity index is 2.40. The second kappa shape index (κ2) is 4.57. The molecule has 0 aliphatic carbocycles. The molecule has 0 radical (unpaired) electrons. The summed E-state index contributed by atoms with van der Waals surface area (Å²) < 4.78 is 5.33. The number of pyridine rings is 1. The predicted octanol–water partition coefficient (Wildman–Crippen LogP) is 1.23. The summed E-state index contributed by atoms with van der Waals surface area (Å²) in [6.45, 7) is 2.49. The molecule has 1 N–H and O–H groups in total. The number of hydrogen-bond donors (Lipinski definition) is 1. The van der Waals surface area contributed by atoms with Crippen LogP contribution in [-0.2, 0) is 0 Å². The fourth-order valence-electron chi connectivity index (χ4n) is 1.35. The zero-order chi connectivity index (χ0) is 11.4. The van der Waals surface area contributed by atoms with Gasteiger partial charge in [-0.05, 0) is 19.1 Å². The highest BCUT2D eigenvalue weighted by Gasteiger charge is 2.01. The maximum Gasteiger partial charge on any atom is 0.345 e. The van der Waals surface area contributed by atoms with E-state index in [-0.39, 0.29) is 5.69 Å². The van der Waals surface area contributed by atoms with E-state index in [1.54, 1.807) is 18.5 Å². The lowest BCUT2D eigenvalue weighted by Crippen LogP contribution is -2.09. The van der Waals surface area contributed by atoms with Gasteiger partial charge in [0.1, 0.15) is 5.75 Å². The normalized spacial score (nSPS) is 10.1. The largest absolute Gasteiger partial charge is 0.492 e. The topological polar surface area (TPSA) is 67.9 Å². The zero-order valence-electron chi connectivity index (χ0n) is 8.80. The fraction of sp³-hybridized carbons (Fsp3) is 0.182. The lowest BCUT2D eigenvalue weighted by atomic mass is 10.2. The van der Waals surface area contributed by atoms with Gasteiger partial charge >= 0.3 is 5.69 Å². The maximum atomic E-state index is 11.1. The number of H-pyrrole nitrogens is 1. The molecule has 0 aliphatic heterocycles. The number of hydrogen-bond acceptors (Lipinski definition) is 4. The molecule has 0 unspecified atom stereocenters. The predicted molar refractivity (Wildman–Crippen MR) is 59.3 cm³/mol. The van der Waals surface area contributed by atoms with E-state index in [0.717, 1.165) is 5.56 Å². The lowest BCUT2D eigenvalue weighted by Gasteiger charge is -2.04. The van der Waals surface area contributed by atoms with E-state index < -0.39 is 0 Å². The fourth-order valence-corrected chi connectivity index (χ4v) is 1.35. The van der Waals surface area contributed by atoms with Crippen molar-refractivity contribution in [3.63, 3.8) is 0 Å². The van der Waals surface area contributed by atoms with Crippen LogP contribution >= 0.6 is 0 Å². The Kier molecular flexibility index (Phi) is 2.95. The summed E-state index contributed by atoms with van der Waals surface area (Å²) in [5, 5.41) is 0. The molecule has 0 bridgehead atoms. The molecule has 5 heteroatoms. The van der Waals surface area contributed by atoms with E-state index in [9.17, 15) is 4.79 Å². The number of aromatic amines is 1. The first kappa shape index (κ1) is 10.4. The van der Waals surface area contributed by atoms with Crippen LogP contribution in [0.4, 0.5) is 0 Å². The molecule has 0 aromatic carbocycles. The van der Waals surface area contributed by atoms with Crippen LogP contribution in [-0.4, -0.2) is 21.6 Å². The van der Waals surface area contributed by atoms with Crippen LogP contribution in [0.5, 0.6) is 5.75 Å². The van der Waals surface area contributed by atoms with Gasteiger partial charge in [-0.2, -0.15) is 0 Å². The lowest BCUT2D eigenvalue weighted by molar-refractivity contribution is 0.339. The Hall–Kier alpha value is -2.17. The van der Waals surface area contributed by atoms with Crippen LogP contribution < -0.4 is 10.4 Å². The van der Waals surface area contributed by atoms with Crippen molar-refractivity contribution in [1.82, 2.24) is 15.0 Å². The van der Waals surface area contributed by atoms with E-state index >= 15 is 0 Å². The van der Waals surface area contributed by atoms with Gasteiger partial charge < -0.3 is 9.72 Å². The van der Waals surface area contributed by atoms with Crippen LogP contribution in [0.15, 0.2) is 35.5 Å². The Labute approximate surface area is 92.2 Å². The molecule has 2 aromatic rings. The van der Waals surface area contributed by atoms with Crippen molar-refractivity contribution in [3.05, 3.63) is 41.2 Å². The van der Waals surface area contributed by atoms with Crippen molar-refractivity contribution in [2.75, 3.05) is 6.61 Å². The molecule has 16 heavy (non-hydrogen) atoms. The molecule has 0 amide bonds. The van der Waals surface area contributed by atoms with Gasteiger partial charge in [0.05, 0.1) is 18.5 Å². The Morgan fingerprint density at radius 1 is 1.44 bits per heavy atom. The third kappa shape index (κ3) is 2.25. The highest BCUT2D eigenvalue weighted by molar-refractivity contribution is 5.58. The van der Waals surface area contributed by atoms with Gasteiger partial charge in [0.15, 0.2) is 0 Å². The van der Waals surface area contributed by atoms with Crippen LogP contribution in [0.2, 0.25) is 0 Å². The molecule has 82 valence electrons. The Bertz CT molecular complexity index is 537. The summed E-state index contributed by atoms with van der Waals surface area (Å²) >= 11 is 0. The number of rotatable bonds is 3. The maximum absolute atomic E-state index is 11.1. The molecular weight excluding hydrogens is 206 g/mol. The molecular formula is C11H11N3O2. The molecule has 2 heterocycles. The van der Waals surface area contributed by atoms with Crippen molar-refractivity contribution in [3.8, 4) is 17.0 Å². The summed E-state index contributed by atoms with van der Waals surface area (Å²) in [4.78, 5) is 21.3. The third-order valence-electron chi connectivity index (χ3n) is 2.01. The minimum Gasteiger partial charge on any atom is -0.492 e. The summed E-state index contributed by atoms with van der Waals surface area (Å²) in [6, 6.07) is 3.54. The Morgan fingerprint density at radius 2 is 2.31 bits per heavy atom. The summed E-state index contributed by atoms with van der Waals surface area (Å²) in [5.74, 6) is 0.678. The molecule has 0 saturated carbocycles. The summed E-state index contributed by atoms with van der Waals surface area (Å²) in [7, 11) is 0. The summed E-state index contributed by atoms with van der Waals surface area (Å²) in [6.07, 6.45) is 4.75. The zero-order valence-corrected chi connectivity index (χ0v) is 8.80. The first-order valence-electron chi connectivity index (χ1n) is 4.93. The van der Waals surface area contributed by atoms with Gasteiger partial charge in [-0.1, -0.05) is 0 Å². The number of nitrogens with zero attached hydrogens (tertiary/aromatic N) is 2. The highest BCUT2D eigenvalue weighted by Crippen LogP contribution is 2.19. The van der Waals surface area contributed by atoms with Gasteiger partial charge in [-0.15, -0.1) is 0 Å². The van der Waals surface area contributed by atoms with Gasteiger partial charge in [0.25, 0.3) is 0 Å². The van der Waals surface area contributed by atoms with Crippen molar-refractivity contribution >= 4 is 0 Å². The molecule has 0 saturated heterocycles. The number of aromatic nitrogens is 3. The smallest absolute Gasteiger partial charge is 0.345 e. The van der Waals surface area contributed by atoms with Crippen molar-refractivity contribution in [2.24, 2.45) is 0 Å². The highest BCUT2D eigenvalue weighted by atomic mass is 16.5. The van der Waals surface area contributed by atoms with E-state index in [1.807, 2.05) is 13.0 Å². The minimum atomic E-state index is -0.376. The first-order valence-corrected chi connectivity index (χ1v) is 4.93. The van der Waals surface area contributed by atoms with Gasteiger partial charge in [0.2, 0.25) is 0 Å². The molecule has 0 atom stereocenters. The quantitative estimate of drug-likeness (QED) is 0.839.